The van der Waals surface area contributed by atoms with E-state index >= 15 is 0 Å². The molecule has 0 aliphatic rings. The van der Waals surface area contributed by atoms with Gasteiger partial charge in [-0.25, -0.2) is 0 Å². The van der Waals surface area contributed by atoms with Crippen molar-refractivity contribution in [2.24, 2.45) is 11.3 Å². The Bertz CT molecular complexity index is 201. The molecular weight excluding hydrogens is 188 g/mol. The number of rotatable bonds is 6. The van der Waals surface area contributed by atoms with Crippen molar-refractivity contribution in [1.82, 2.24) is 0 Å². The maximum Gasteiger partial charge on any atom is 0.311 e. The summed E-state index contributed by atoms with van der Waals surface area (Å²) in [6.45, 7) is 12.0. The molecule has 0 amide bonds. The number of hydrogen-bond donors (Lipinski definition) is 0. The summed E-state index contributed by atoms with van der Waals surface area (Å²) < 4.78 is 5.19. The molecule has 15 heavy (non-hydrogen) atoms. The average Bonchev–Trinajstić information content (AvgIpc) is 2.13. The van der Waals surface area contributed by atoms with Crippen molar-refractivity contribution in [2.45, 2.75) is 47.0 Å². The van der Waals surface area contributed by atoms with Crippen molar-refractivity contribution in [1.29, 1.82) is 0 Å². The molecule has 0 aromatic heterocycles. The van der Waals surface area contributed by atoms with E-state index in [9.17, 15) is 4.79 Å². The second-order valence-corrected chi connectivity index (χ2v) is 5.15. The van der Waals surface area contributed by atoms with Crippen LogP contribution in [0.1, 0.15) is 47.0 Å². The predicted molar refractivity (Wildman–Crippen MR) is 63.6 cm³/mol. The van der Waals surface area contributed by atoms with Gasteiger partial charge in [-0.3, -0.25) is 4.79 Å². The molecule has 0 aromatic carbocycles. The van der Waals surface area contributed by atoms with E-state index in [0.29, 0.717) is 12.5 Å². The summed E-state index contributed by atoms with van der Waals surface area (Å²) in [5.74, 6) is 0.481. The molecule has 0 fully saturated rings. The van der Waals surface area contributed by atoms with Crippen LogP contribution in [-0.2, 0) is 9.53 Å². The van der Waals surface area contributed by atoms with Crippen LogP contribution in [0.2, 0.25) is 0 Å². The van der Waals surface area contributed by atoms with Crippen molar-refractivity contribution >= 4 is 5.97 Å². The van der Waals surface area contributed by atoms with Crippen LogP contribution in [0.4, 0.5) is 0 Å². The minimum absolute atomic E-state index is 0.113. The van der Waals surface area contributed by atoms with Gasteiger partial charge in [-0.15, -0.1) is 6.58 Å². The molecule has 2 heteroatoms. The van der Waals surface area contributed by atoms with Crippen molar-refractivity contribution in [2.75, 3.05) is 6.61 Å². The number of carbonyl (C=O) groups is 1. The fraction of sp³-hybridized carbons (Fsp3) is 0.769. The van der Waals surface area contributed by atoms with Gasteiger partial charge in [0.25, 0.3) is 0 Å². The van der Waals surface area contributed by atoms with Gasteiger partial charge in [0, 0.05) is 0 Å². The van der Waals surface area contributed by atoms with Crippen LogP contribution >= 0.6 is 0 Å². The monoisotopic (exact) mass is 212 g/mol. The predicted octanol–water partition coefficient (Wildman–Crippen LogP) is 3.57. The van der Waals surface area contributed by atoms with Gasteiger partial charge in [0.05, 0.1) is 12.0 Å². The molecule has 0 unspecified atom stereocenters. The van der Waals surface area contributed by atoms with Crippen molar-refractivity contribution in [3.8, 4) is 0 Å². The molecular formula is C13H24O2. The van der Waals surface area contributed by atoms with Crippen molar-refractivity contribution in [3.63, 3.8) is 0 Å². The van der Waals surface area contributed by atoms with E-state index in [1.165, 1.54) is 0 Å². The Kier molecular flexibility index (Phi) is 6.30. The summed E-state index contributed by atoms with van der Waals surface area (Å²) in [5, 5.41) is 0. The van der Waals surface area contributed by atoms with E-state index in [0.717, 1.165) is 19.3 Å². The lowest BCUT2D eigenvalue weighted by Gasteiger charge is -2.17. The van der Waals surface area contributed by atoms with Crippen LogP contribution in [0.25, 0.3) is 0 Å². The fourth-order valence-corrected chi connectivity index (χ4v) is 1.12. The summed E-state index contributed by atoms with van der Waals surface area (Å²) in [6, 6.07) is 0. The van der Waals surface area contributed by atoms with Crippen molar-refractivity contribution < 1.29 is 9.53 Å². The molecule has 0 heterocycles. The smallest absolute Gasteiger partial charge is 0.311 e. The summed E-state index contributed by atoms with van der Waals surface area (Å²) >= 11 is 0. The van der Waals surface area contributed by atoms with E-state index in [-0.39, 0.29) is 11.4 Å². The van der Waals surface area contributed by atoms with Gasteiger partial charge < -0.3 is 4.74 Å². The first kappa shape index (κ1) is 14.2. The lowest BCUT2D eigenvalue weighted by atomic mass is 9.97. The first-order valence-corrected chi connectivity index (χ1v) is 5.66. The third-order valence-electron chi connectivity index (χ3n) is 2.32. The van der Waals surface area contributed by atoms with E-state index in [1.54, 1.807) is 0 Å². The average molecular weight is 212 g/mol. The Labute approximate surface area is 93.7 Å². The zero-order valence-corrected chi connectivity index (χ0v) is 10.5. The minimum atomic E-state index is -0.385. The zero-order chi connectivity index (χ0) is 11.9. The first-order chi connectivity index (χ1) is 6.88. The molecule has 0 aliphatic heterocycles. The highest BCUT2D eigenvalue weighted by Gasteiger charge is 2.22. The van der Waals surface area contributed by atoms with Gasteiger partial charge in [0.15, 0.2) is 0 Å². The highest BCUT2D eigenvalue weighted by molar-refractivity contribution is 5.75. The SMILES string of the molecule is C=CCC[C@@H](C)CCOC(=O)C(C)(C)C. The molecule has 88 valence electrons. The number of carbonyl (C=O) groups excluding carboxylic acids is 1. The summed E-state index contributed by atoms with van der Waals surface area (Å²) in [5.41, 5.74) is -0.385. The Morgan fingerprint density at radius 2 is 2.00 bits per heavy atom. The zero-order valence-electron chi connectivity index (χ0n) is 10.5. The van der Waals surface area contributed by atoms with Crippen LogP contribution in [-0.4, -0.2) is 12.6 Å². The third kappa shape index (κ3) is 7.18. The Balaban J connectivity index is 3.61. The van der Waals surface area contributed by atoms with Crippen LogP contribution < -0.4 is 0 Å². The number of ether oxygens (including phenoxy) is 1. The Hall–Kier alpha value is -0.790. The lowest BCUT2D eigenvalue weighted by molar-refractivity contribution is -0.153. The molecule has 0 bridgehead atoms. The van der Waals surface area contributed by atoms with Crippen LogP contribution in [0, 0.1) is 11.3 Å². The van der Waals surface area contributed by atoms with Gasteiger partial charge in [0.2, 0.25) is 0 Å². The highest BCUT2D eigenvalue weighted by atomic mass is 16.5. The molecule has 0 aliphatic carbocycles. The topological polar surface area (TPSA) is 26.3 Å². The fourth-order valence-electron chi connectivity index (χ4n) is 1.12. The Morgan fingerprint density at radius 1 is 1.40 bits per heavy atom. The number of allylic oxidation sites excluding steroid dienone is 1. The number of esters is 1. The normalized spacial score (nSPS) is 13.3. The second kappa shape index (κ2) is 6.65. The largest absolute Gasteiger partial charge is 0.465 e. The van der Waals surface area contributed by atoms with E-state index in [2.05, 4.69) is 13.5 Å². The van der Waals surface area contributed by atoms with Crippen LogP contribution in [0.3, 0.4) is 0 Å². The maximum absolute atomic E-state index is 11.4. The summed E-state index contributed by atoms with van der Waals surface area (Å²) in [6.07, 6.45) is 5.03. The highest BCUT2D eigenvalue weighted by Crippen LogP contribution is 2.16. The van der Waals surface area contributed by atoms with Gasteiger partial charge >= 0.3 is 5.97 Å². The lowest BCUT2D eigenvalue weighted by Crippen LogP contribution is -2.23. The molecule has 0 spiro atoms. The van der Waals surface area contributed by atoms with E-state index < -0.39 is 0 Å². The summed E-state index contributed by atoms with van der Waals surface area (Å²) in [4.78, 5) is 11.4. The van der Waals surface area contributed by atoms with Gasteiger partial charge in [-0.1, -0.05) is 13.0 Å². The van der Waals surface area contributed by atoms with Gasteiger partial charge in [-0.2, -0.15) is 0 Å². The Morgan fingerprint density at radius 3 is 2.47 bits per heavy atom. The molecule has 0 aromatic rings. The number of hydrogen-bond acceptors (Lipinski definition) is 2. The summed E-state index contributed by atoms with van der Waals surface area (Å²) in [7, 11) is 0. The molecule has 0 N–H and O–H groups in total. The molecule has 2 nitrogen and oxygen atoms in total. The second-order valence-electron chi connectivity index (χ2n) is 5.15. The van der Waals surface area contributed by atoms with Crippen molar-refractivity contribution in [3.05, 3.63) is 12.7 Å². The third-order valence-corrected chi connectivity index (χ3v) is 2.32. The van der Waals surface area contributed by atoms with E-state index in [4.69, 9.17) is 4.74 Å². The quantitative estimate of drug-likeness (QED) is 0.497. The molecule has 0 saturated carbocycles. The molecule has 0 saturated heterocycles. The first-order valence-electron chi connectivity index (χ1n) is 5.66. The van der Waals surface area contributed by atoms with Crippen LogP contribution in [0.15, 0.2) is 12.7 Å². The van der Waals surface area contributed by atoms with E-state index in [1.807, 2.05) is 26.8 Å². The van der Waals surface area contributed by atoms with Gasteiger partial charge in [0.1, 0.15) is 0 Å². The van der Waals surface area contributed by atoms with Crippen LogP contribution in [0.5, 0.6) is 0 Å². The minimum Gasteiger partial charge on any atom is -0.465 e. The maximum atomic E-state index is 11.4. The van der Waals surface area contributed by atoms with Gasteiger partial charge in [-0.05, 0) is 46.0 Å². The molecule has 0 rings (SSSR count). The molecule has 0 radical (unpaired) electrons. The molecule has 1 atom stereocenters. The standard InChI is InChI=1S/C13H24O2/c1-6-7-8-11(2)9-10-15-12(14)13(3,4)5/h6,11H,1,7-10H2,2-5H3/t11-/m1/s1.